The SMILES string of the molecule is Cc1ccc(C)c(S(=O)(=O)Nc2cc(-c3ccc(F)cc3)sc2C(=O)O)c1. The maximum Gasteiger partial charge on any atom is 0.348 e. The maximum absolute atomic E-state index is 13.1. The summed E-state index contributed by atoms with van der Waals surface area (Å²) in [6.07, 6.45) is 0. The average Bonchev–Trinajstić information content (AvgIpc) is 3.01. The number of rotatable bonds is 5. The number of benzene rings is 2. The van der Waals surface area contributed by atoms with Gasteiger partial charge in [-0.15, -0.1) is 11.3 Å². The van der Waals surface area contributed by atoms with E-state index in [0.29, 0.717) is 16.0 Å². The van der Waals surface area contributed by atoms with Crippen LogP contribution in [0.15, 0.2) is 53.4 Å². The molecule has 0 radical (unpaired) electrons. The molecule has 8 heteroatoms. The van der Waals surface area contributed by atoms with Gasteiger partial charge in [0.2, 0.25) is 0 Å². The number of hydrogen-bond donors (Lipinski definition) is 2. The van der Waals surface area contributed by atoms with Crippen molar-refractivity contribution in [2.45, 2.75) is 18.7 Å². The Morgan fingerprint density at radius 2 is 1.74 bits per heavy atom. The molecule has 0 fully saturated rings. The molecule has 0 atom stereocenters. The number of halogens is 1. The first-order valence-electron chi connectivity index (χ1n) is 7.90. The van der Waals surface area contributed by atoms with Crippen LogP contribution < -0.4 is 4.72 Å². The van der Waals surface area contributed by atoms with Gasteiger partial charge in [0.05, 0.1) is 10.6 Å². The van der Waals surface area contributed by atoms with E-state index < -0.39 is 21.8 Å². The fourth-order valence-electron chi connectivity index (χ4n) is 2.58. The number of carboxylic acid groups (broad SMARTS) is 1. The lowest BCUT2D eigenvalue weighted by Gasteiger charge is -2.10. The summed E-state index contributed by atoms with van der Waals surface area (Å²) in [6, 6.07) is 12.0. The predicted molar refractivity (Wildman–Crippen MR) is 103 cm³/mol. The van der Waals surface area contributed by atoms with Gasteiger partial charge < -0.3 is 5.11 Å². The Balaban J connectivity index is 2.04. The van der Waals surface area contributed by atoms with E-state index in [0.717, 1.165) is 16.9 Å². The Morgan fingerprint density at radius 1 is 1.07 bits per heavy atom. The summed E-state index contributed by atoms with van der Waals surface area (Å²) < 4.78 is 41.1. The zero-order valence-electron chi connectivity index (χ0n) is 14.5. The predicted octanol–water partition coefficient (Wildman–Crippen LogP) is 4.67. The van der Waals surface area contributed by atoms with Crippen LogP contribution in [0, 0.1) is 19.7 Å². The highest BCUT2D eigenvalue weighted by molar-refractivity contribution is 7.92. The molecule has 27 heavy (non-hydrogen) atoms. The summed E-state index contributed by atoms with van der Waals surface area (Å²) in [5, 5.41) is 9.45. The third-order valence-corrected chi connectivity index (χ3v) is 6.61. The van der Waals surface area contributed by atoms with Crippen LogP contribution in [0.5, 0.6) is 0 Å². The van der Waals surface area contributed by atoms with Crippen LogP contribution in [-0.2, 0) is 10.0 Å². The third kappa shape index (κ3) is 4.01. The molecule has 3 rings (SSSR count). The van der Waals surface area contributed by atoms with Gasteiger partial charge in [0.15, 0.2) is 0 Å². The summed E-state index contributed by atoms with van der Waals surface area (Å²) in [7, 11) is -3.96. The molecule has 140 valence electrons. The molecule has 0 aliphatic rings. The van der Waals surface area contributed by atoms with Crippen molar-refractivity contribution >= 4 is 33.0 Å². The maximum atomic E-state index is 13.1. The molecular formula is C19H16FNO4S2. The fraction of sp³-hybridized carbons (Fsp3) is 0.105. The molecule has 1 aromatic heterocycles. The monoisotopic (exact) mass is 405 g/mol. The number of hydrogen-bond acceptors (Lipinski definition) is 4. The van der Waals surface area contributed by atoms with Crippen LogP contribution in [0.4, 0.5) is 10.1 Å². The van der Waals surface area contributed by atoms with Crippen molar-refractivity contribution in [1.29, 1.82) is 0 Å². The molecule has 3 aromatic rings. The van der Waals surface area contributed by atoms with Crippen LogP contribution in [0.1, 0.15) is 20.8 Å². The van der Waals surface area contributed by atoms with Gasteiger partial charge in [0.25, 0.3) is 10.0 Å². The van der Waals surface area contributed by atoms with Gasteiger partial charge in [0, 0.05) is 4.88 Å². The molecule has 0 saturated heterocycles. The van der Waals surface area contributed by atoms with Gasteiger partial charge >= 0.3 is 5.97 Å². The van der Waals surface area contributed by atoms with E-state index in [2.05, 4.69) is 4.72 Å². The molecule has 0 unspecified atom stereocenters. The highest BCUT2D eigenvalue weighted by atomic mass is 32.2. The lowest BCUT2D eigenvalue weighted by atomic mass is 10.2. The third-order valence-electron chi connectivity index (χ3n) is 3.93. The number of thiophene rings is 1. The first kappa shape index (κ1) is 19.1. The van der Waals surface area contributed by atoms with Crippen molar-refractivity contribution < 1.29 is 22.7 Å². The lowest BCUT2D eigenvalue weighted by molar-refractivity contribution is 0.0703. The van der Waals surface area contributed by atoms with E-state index in [1.165, 1.54) is 36.4 Å². The van der Waals surface area contributed by atoms with E-state index in [1.54, 1.807) is 26.0 Å². The van der Waals surface area contributed by atoms with Gasteiger partial charge in [-0.3, -0.25) is 4.72 Å². The van der Waals surface area contributed by atoms with Crippen molar-refractivity contribution in [2.75, 3.05) is 4.72 Å². The number of carboxylic acids is 1. The molecule has 0 saturated carbocycles. The normalized spacial score (nSPS) is 11.4. The minimum atomic E-state index is -3.96. The number of nitrogens with one attached hydrogen (secondary N) is 1. The first-order valence-corrected chi connectivity index (χ1v) is 10.2. The Kier molecular flexibility index (Phi) is 5.03. The van der Waals surface area contributed by atoms with E-state index >= 15 is 0 Å². The molecule has 1 heterocycles. The molecule has 2 aromatic carbocycles. The van der Waals surface area contributed by atoms with Gasteiger partial charge in [0.1, 0.15) is 10.7 Å². The van der Waals surface area contributed by atoms with Gasteiger partial charge in [-0.2, -0.15) is 0 Å². The molecule has 5 nitrogen and oxygen atoms in total. The van der Waals surface area contributed by atoms with Crippen LogP contribution in [-0.4, -0.2) is 19.5 Å². The Hall–Kier alpha value is -2.71. The lowest BCUT2D eigenvalue weighted by Crippen LogP contribution is -2.15. The molecule has 0 spiro atoms. The van der Waals surface area contributed by atoms with Crippen molar-refractivity contribution in [1.82, 2.24) is 0 Å². The van der Waals surface area contributed by atoms with Crippen LogP contribution in [0.25, 0.3) is 10.4 Å². The van der Waals surface area contributed by atoms with E-state index in [9.17, 15) is 22.7 Å². The Morgan fingerprint density at radius 3 is 2.37 bits per heavy atom. The quantitative estimate of drug-likeness (QED) is 0.646. The average molecular weight is 405 g/mol. The first-order chi connectivity index (χ1) is 12.7. The summed E-state index contributed by atoms with van der Waals surface area (Å²) in [4.78, 5) is 12.1. The number of aromatic carboxylic acids is 1. The number of aryl methyl sites for hydroxylation is 2. The highest BCUT2D eigenvalue weighted by Gasteiger charge is 2.23. The van der Waals surface area contributed by atoms with Gasteiger partial charge in [-0.25, -0.2) is 17.6 Å². The minimum absolute atomic E-state index is 0.0206. The van der Waals surface area contributed by atoms with Crippen LogP contribution in [0.3, 0.4) is 0 Å². The smallest absolute Gasteiger partial charge is 0.348 e. The molecule has 0 aliphatic carbocycles. The number of anilines is 1. The van der Waals surface area contributed by atoms with Crippen molar-refractivity contribution in [3.05, 3.63) is 70.4 Å². The second-order valence-electron chi connectivity index (χ2n) is 6.04. The molecule has 2 N–H and O–H groups in total. The molecular weight excluding hydrogens is 389 g/mol. The van der Waals surface area contributed by atoms with Crippen molar-refractivity contribution in [3.8, 4) is 10.4 Å². The van der Waals surface area contributed by atoms with Crippen molar-refractivity contribution in [2.24, 2.45) is 0 Å². The summed E-state index contributed by atoms with van der Waals surface area (Å²) >= 11 is 0.921. The van der Waals surface area contributed by atoms with Gasteiger partial charge in [-0.05, 0) is 54.8 Å². The van der Waals surface area contributed by atoms with Crippen LogP contribution >= 0.6 is 11.3 Å². The highest BCUT2D eigenvalue weighted by Crippen LogP contribution is 2.36. The summed E-state index contributed by atoms with van der Waals surface area (Å²) in [6.45, 7) is 3.45. The Labute approximate surface area is 160 Å². The number of carbonyl (C=O) groups is 1. The molecule has 0 aliphatic heterocycles. The fourth-order valence-corrected chi connectivity index (χ4v) is 4.99. The van der Waals surface area contributed by atoms with E-state index in [4.69, 9.17) is 0 Å². The zero-order chi connectivity index (χ0) is 19.8. The zero-order valence-corrected chi connectivity index (χ0v) is 16.1. The standard InChI is InChI=1S/C19H16FNO4S2/c1-11-3-4-12(2)17(9-11)27(24,25)21-15-10-16(26-18(15)19(22)23)13-5-7-14(20)8-6-13/h3-10,21H,1-2H3,(H,22,23). The van der Waals surface area contributed by atoms with Crippen LogP contribution in [0.2, 0.25) is 0 Å². The second-order valence-corrected chi connectivity index (χ2v) is 8.74. The summed E-state index contributed by atoms with van der Waals surface area (Å²) in [5.41, 5.74) is 1.91. The van der Waals surface area contributed by atoms with E-state index in [1.807, 2.05) is 0 Å². The summed E-state index contributed by atoms with van der Waals surface area (Å²) in [5.74, 6) is -1.66. The minimum Gasteiger partial charge on any atom is -0.477 e. The van der Waals surface area contributed by atoms with E-state index in [-0.39, 0.29) is 15.5 Å². The topological polar surface area (TPSA) is 83.5 Å². The second kappa shape index (κ2) is 7.13. The molecule has 0 bridgehead atoms. The van der Waals surface area contributed by atoms with Crippen molar-refractivity contribution in [3.63, 3.8) is 0 Å². The molecule has 0 amide bonds. The largest absolute Gasteiger partial charge is 0.477 e. The number of sulfonamides is 1. The Bertz CT molecular complexity index is 1120. The van der Waals surface area contributed by atoms with Gasteiger partial charge in [-0.1, -0.05) is 24.3 Å².